The number of rotatable bonds is 2. The van der Waals surface area contributed by atoms with Crippen LogP contribution in [0, 0.1) is 5.92 Å². The average molecular weight is 241 g/mol. The molecule has 0 spiro atoms. The topological polar surface area (TPSA) is 66.8 Å². The first-order valence-corrected chi connectivity index (χ1v) is 6.24. The third-order valence-corrected chi connectivity index (χ3v) is 3.80. The average Bonchev–Trinajstić information content (AvgIpc) is 2.62. The highest BCUT2D eigenvalue weighted by molar-refractivity contribution is 5.95. The van der Waals surface area contributed by atoms with E-state index >= 15 is 0 Å². The van der Waals surface area contributed by atoms with Crippen LogP contribution in [0.15, 0.2) is 0 Å². The Balaban J connectivity index is 2.14. The van der Waals surface area contributed by atoms with Crippen molar-refractivity contribution in [1.29, 1.82) is 0 Å². The van der Waals surface area contributed by atoms with Crippen molar-refractivity contribution < 1.29 is 19.4 Å². The molecule has 1 saturated carbocycles. The van der Waals surface area contributed by atoms with Crippen LogP contribution in [0.2, 0.25) is 0 Å². The van der Waals surface area contributed by atoms with Crippen LogP contribution in [-0.2, 0) is 9.53 Å². The minimum atomic E-state index is -0.752. The zero-order chi connectivity index (χ0) is 12.6. The Morgan fingerprint density at radius 3 is 2.71 bits per heavy atom. The standard InChI is InChI=1S/C12H19NO4/c1-7(8(2)14)11(15)13-9-5-3-4-6-10(9)17-12(13)16/h7-10,14H,3-6H2,1-2H3/t7-,8+,9-,10-/m0/s1. The smallest absolute Gasteiger partial charge is 0.417 e. The summed E-state index contributed by atoms with van der Waals surface area (Å²) in [5.74, 6) is -0.886. The van der Waals surface area contributed by atoms with Crippen LogP contribution in [0.5, 0.6) is 0 Å². The van der Waals surface area contributed by atoms with E-state index in [4.69, 9.17) is 4.74 Å². The van der Waals surface area contributed by atoms with Crippen molar-refractivity contribution in [3.63, 3.8) is 0 Å². The van der Waals surface area contributed by atoms with Gasteiger partial charge in [0.1, 0.15) is 6.10 Å². The van der Waals surface area contributed by atoms with Gasteiger partial charge in [-0.2, -0.15) is 0 Å². The molecule has 1 heterocycles. The Labute approximate surface area is 101 Å². The second kappa shape index (κ2) is 4.64. The normalized spacial score (nSPS) is 31.7. The van der Waals surface area contributed by atoms with Crippen LogP contribution >= 0.6 is 0 Å². The molecule has 0 aromatic rings. The molecule has 0 aromatic carbocycles. The van der Waals surface area contributed by atoms with Crippen molar-refractivity contribution in [2.24, 2.45) is 5.92 Å². The van der Waals surface area contributed by atoms with Gasteiger partial charge in [0, 0.05) is 0 Å². The molecule has 0 bridgehead atoms. The molecule has 2 fully saturated rings. The fourth-order valence-electron chi connectivity index (χ4n) is 2.51. The number of aliphatic hydroxyl groups excluding tert-OH is 1. The molecule has 1 aliphatic carbocycles. The monoisotopic (exact) mass is 241 g/mol. The summed E-state index contributed by atoms with van der Waals surface area (Å²) in [6.45, 7) is 3.19. The number of carbonyl (C=O) groups excluding carboxylic acids is 2. The van der Waals surface area contributed by atoms with Gasteiger partial charge in [-0.3, -0.25) is 4.79 Å². The third kappa shape index (κ3) is 2.16. The third-order valence-electron chi connectivity index (χ3n) is 3.80. The molecule has 0 unspecified atom stereocenters. The van der Waals surface area contributed by atoms with Gasteiger partial charge in [0.15, 0.2) is 0 Å². The van der Waals surface area contributed by atoms with Crippen molar-refractivity contribution in [3.05, 3.63) is 0 Å². The summed E-state index contributed by atoms with van der Waals surface area (Å²) in [7, 11) is 0. The number of carbonyl (C=O) groups is 2. The lowest BCUT2D eigenvalue weighted by Gasteiger charge is -2.28. The van der Waals surface area contributed by atoms with Crippen LogP contribution < -0.4 is 0 Å². The molecule has 2 amide bonds. The van der Waals surface area contributed by atoms with Crippen LogP contribution in [0.4, 0.5) is 4.79 Å². The Bertz CT molecular complexity index is 328. The molecule has 2 rings (SSSR count). The molecule has 0 radical (unpaired) electrons. The summed E-state index contributed by atoms with van der Waals surface area (Å²) in [5.41, 5.74) is 0. The number of hydrogen-bond acceptors (Lipinski definition) is 4. The molecule has 96 valence electrons. The minimum Gasteiger partial charge on any atom is -0.444 e. The number of imide groups is 1. The van der Waals surface area contributed by atoms with E-state index in [2.05, 4.69) is 0 Å². The molecule has 1 aliphatic heterocycles. The first kappa shape index (κ1) is 12.4. The zero-order valence-corrected chi connectivity index (χ0v) is 10.3. The first-order chi connectivity index (χ1) is 8.02. The molecular formula is C12H19NO4. The van der Waals surface area contributed by atoms with Crippen molar-refractivity contribution in [1.82, 2.24) is 4.90 Å². The highest BCUT2D eigenvalue weighted by Crippen LogP contribution is 2.32. The highest BCUT2D eigenvalue weighted by atomic mass is 16.6. The van der Waals surface area contributed by atoms with Gasteiger partial charge in [-0.15, -0.1) is 0 Å². The predicted octanol–water partition coefficient (Wildman–Crippen LogP) is 1.29. The highest BCUT2D eigenvalue weighted by Gasteiger charge is 2.47. The lowest BCUT2D eigenvalue weighted by molar-refractivity contribution is -0.136. The molecule has 1 N–H and O–H groups in total. The number of ether oxygens (including phenoxy) is 1. The SMILES string of the molecule is C[C@H](C(=O)N1C(=O)O[C@H]2CCCC[C@@H]21)[C@@H](C)O. The molecule has 5 nitrogen and oxygen atoms in total. The van der Waals surface area contributed by atoms with Crippen LogP contribution in [0.1, 0.15) is 39.5 Å². The lowest BCUT2D eigenvalue weighted by Crippen LogP contribution is -2.46. The number of hydrogen-bond donors (Lipinski definition) is 1. The van der Waals surface area contributed by atoms with Gasteiger partial charge in [-0.05, 0) is 26.2 Å². The number of fused-ring (bicyclic) bond motifs is 1. The van der Waals surface area contributed by atoms with E-state index in [9.17, 15) is 14.7 Å². The first-order valence-electron chi connectivity index (χ1n) is 6.24. The van der Waals surface area contributed by atoms with Crippen molar-refractivity contribution >= 4 is 12.0 Å². The van der Waals surface area contributed by atoms with Gasteiger partial charge in [0.05, 0.1) is 18.1 Å². The maximum absolute atomic E-state index is 12.1. The maximum Gasteiger partial charge on any atom is 0.417 e. The number of nitrogens with zero attached hydrogens (tertiary/aromatic N) is 1. The summed E-state index contributed by atoms with van der Waals surface area (Å²) >= 11 is 0. The fourth-order valence-corrected chi connectivity index (χ4v) is 2.51. The Hall–Kier alpha value is -1.10. The second-order valence-corrected chi connectivity index (χ2v) is 5.01. The molecule has 2 aliphatic rings. The van der Waals surface area contributed by atoms with Gasteiger partial charge < -0.3 is 9.84 Å². The number of aliphatic hydroxyl groups is 1. The summed E-state index contributed by atoms with van der Waals surface area (Å²) < 4.78 is 5.21. The quantitative estimate of drug-likeness (QED) is 0.791. The van der Waals surface area contributed by atoms with Crippen LogP contribution in [-0.4, -0.2) is 40.3 Å². The Kier molecular flexibility index (Phi) is 3.38. The summed E-state index contributed by atoms with van der Waals surface area (Å²) in [4.78, 5) is 25.1. The van der Waals surface area contributed by atoms with Crippen molar-refractivity contribution in [2.75, 3.05) is 0 Å². The molecular weight excluding hydrogens is 222 g/mol. The van der Waals surface area contributed by atoms with Gasteiger partial charge in [0.2, 0.25) is 5.91 Å². The van der Waals surface area contributed by atoms with Crippen molar-refractivity contribution in [3.8, 4) is 0 Å². The van der Waals surface area contributed by atoms with E-state index in [1.54, 1.807) is 13.8 Å². The second-order valence-electron chi connectivity index (χ2n) is 5.01. The largest absolute Gasteiger partial charge is 0.444 e. The Morgan fingerprint density at radius 1 is 1.41 bits per heavy atom. The molecule has 1 saturated heterocycles. The van der Waals surface area contributed by atoms with E-state index in [0.29, 0.717) is 0 Å². The van der Waals surface area contributed by atoms with Gasteiger partial charge >= 0.3 is 6.09 Å². The molecule has 0 aromatic heterocycles. The molecule has 5 heteroatoms. The summed E-state index contributed by atoms with van der Waals surface area (Å²) in [6.07, 6.45) is 2.28. The van der Waals surface area contributed by atoms with Crippen LogP contribution in [0.25, 0.3) is 0 Å². The van der Waals surface area contributed by atoms with E-state index in [0.717, 1.165) is 25.7 Å². The van der Waals surface area contributed by atoms with Crippen molar-refractivity contribution in [2.45, 2.75) is 57.8 Å². The molecule has 17 heavy (non-hydrogen) atoms. The predicted molar refractivity (Wildman–Crippen MR) is 60.2 cm³/mol. The van der Waals surface area contributed by atoms with E-state index in [-0.39, 0.29) is 18.1 Å². The van der Waals surface area contributed by atoms with E-state index in [1.807, 2.05) is 0 Å². The Morgan fingerprint density at radius 2 is 2.06 bits per heavy atom. The fraction of sp³-hybridized carbons (Fsp3) is 0.833. The van der Waals surface area contributed by atoms with Gasteiger partial charge in [0.25, 0.3) is 0 Å². The maximum atomic E-state index is 12.1. The zero-order valence-electron chi connectivity index (χ0n) is 10.3. The lowest BCUT2D eigenvalue weighted by atomic mass is 9.91. The van der Waals surface area contributed by atoms with Gasteiger partial charge in [-0.25, -0.2) is 9.69 Å². The van der Waals surface area contributed by atoms with E-state index < -0.39 is 18.1 Å². The van der Waals surface area contributed by atoms with E-state index in [1.165, 1.54) is 4.90 Å². The molecule has 4 atom stereocenters. The summed E-state index contributed by atoms with van der Waals surface area (Å²) in [5, 5.41) is 9.43. The van der Waals surface area contributed by atoms with Crippen LogP contribution in [0.3, 0.4) is 0 Å². The summed E-state index contributed by atoms with van der Waals surface area (Å²) in [6, 6.07) is -0.120. The van der Waals surface area contributed by atoms with Gasteiger partial charge in [-0.1, -0.05) is 13.3 Å². The number of amides is 2. The minimum absolute atomic E-state index is 0.120.